The van der Waals surface area contributed by atoms with Gasteiger partial charge in [-0.05, 0) is 81.4 Å². The molecule has 2 heterocycles. The summed E-state index contributed by atoms with van der Waals surface area (Å²) in [6.07, 6.45) is 5.37. The maximum atomic E-state index is 5.59. The number of thioether (sulfide) groups is 1. The lowest BCUT2D eigenvalue weighted by Gasteiger charge is -2.24. The Balaban J connectivity index is 1.26. The van der Waals surface area contributed by atoms with Gasteiger partial charge in [-0.15, -0.1) is 0 Å². The molecule has 5 rings (SSSR count). The third kappa shape index (κ3) is 4.41. The lowest BCUT2D eigenvalue weighted by molar-refractivity contribution is 0.392. The lowest BCUT2D eigenvalue weighted by atomic mass is 9.96. The van der Waals surface area contributed by atoms with Gasteiger partial charge in [-0.2, -0.15) is 0 Å². The van der Waals surface area contributed by atoms with Gasteiger partial charge in [0.1, 0.15) is 5.82 Å². The highest BCUT2D eigenvalue weighted by molar-refractivity contribution is 7.98. The van der Waals surface area contributed by atoms with Crippen molar-refractivity contribution >= 4 is 45.8 Å². The average molecular weight is 453 g/mol. The number of aromatic nitrogens is 4. The molecule has 162 valence electrons. The van der Waals surface area contributed by atoms with Crippen LogP contribution in [0.2, 0.25) is 0 Å². The van der Waals surface area contributed by atoms with Crippen LogP contribution in [0, 0.1) is 25.7 Å². The Labute approximate surface area is 192 Å². The molecule has 0 unspecified atom stereocenters. The van der Waals surface area contributed by atoms with Gasteiger partial charge in [0.25, 0.3) is 0 Å². The molecule has 0 aliphatic heterocycles. The third-order valence-electron chi connectivity index (χ3n) is 6.58. The van der Waals surface area contributed by atoms with E-state index in [0.29, 0.717) is 6.04 Å². The first-order chi connectivity index (χ1) is 14.9. The van der Waals surface area contributed by atoms with Gasteiger partial charge in [-0.3, -0.25) is 0 Å². The Morgan fingerprint density at radius 1 is 1.13 bits per heavy atom. The Kier molecular flexibility index (Phi) is 5.60. The third-order valence-corrected chi connectivity index (χ3v) is 7.64. The molecular weight excluding hydrogens is 424 g/mol. The van der Waals surface area contributed by atoms with E-state index in [1.807, 2.05) is 19.9 Å². The highest BCUT2D eigenvalue weighted by Crippen LogP contribution is 2.44. The Bertz CT molecular complexity index is 1120. The second-order valence-electron chi connectivity index (χ2n) is 8.89. The van der Waals surface area contributed by atoms with Crippen molar-refractivity contribution < 1.29 is 0 Å². The number of hydrogen-bond donors (Lipinski definition) is 2. The highest BCUT2D eigenvalue weighted by Gasteiger charge is 2.39. The SMILES string of the molecule is Cc1cc(C)nc(SCc2nc3cc(NC(=S)N[C@@H]4C[C@H]5CC[C@H]4C5)ccc3n2C)n1. The van der Waals surface area contributed by atoms with E-state index in [9.17, 15) is 0 Å². The molecule has 0 amide bonds. The number of imidazole rings is 1. The molecule has 2 N–H and O–H groups in total. The predicted molar refractivity (Wildman–Crippen MR) is 130 cm³/mol. The van der Waals surface area contributed by atoms with E-state index >= 15 is 0 Å². The lowest BCUT2D eigenvalue weighted by Crippen LogP contribution is -2.40. The van der Waals surface area contributed by atoms with Crippen molar-refractivity contribution in [3.05, 3.63) is 41.5 Å². The Morgan fingerprint density at radius 2 is 1.94 bits per heavy atom. The van der Waals surface area contributed by atoms with Gasteiger partial charge in [0.05, 0.1) is 16.8 Å². The molecule has 2 saturated carbocycles. The summed E-state index contributed by atoms with van der Waals surface area (Å²) in [5.74, 6) is 3.42. The summed E-state index contributed by atoms with van der Waals surface area (Å²) in [5, 5.41) is 8.43. The molecular formula is C23H28N6S2. The van der Waals surface area contributed by atoms with Crippen molar-refractivity contribution in [3.8, 4) is 0 Å². The van der Waals surface area contributed by atoms with Crippen molar-refractivity contribution in [2.24, 2.45) is 18.9 Å². The van der Waals surface area contributed by atoms with Crippen molar-refractivity contribution in [2.45, 2.75) is 56.5 Å². The van der Waals surface area contributed by atoms with Gasteiger partial charge in [0.15, 0.2) is 10.3 Å². The van der Waals surface area contributed by atoms with Gasteiger partial charge in [-0.1, -0.05) is 18.2 Å². The average Bonchev–Trinajstić information content (AvgIpc) is 3.40. The van der Waals surface area contributed by atoms with E-state index in [1.165, 1.54) is 25.7 Å². The van der Waals surface area contributed by atoms with E-state index in [2.05, 4.69) is 50.4 Å². The molecule has 2 bridgehead atoms. The molecule has 0 saturated heterocycles. The van der Waals surface area contributed by atoms with Crippen LogP contribution in [0.3, 0.4) is 0 Å². The number of nitrogens with one attached hydrogen (secondary N) is 2. The predicted octanol–water partition coefficient (Wildman–Crippen LogP) is 4.75. The summed E-state index contributed by atoms with van der Waals surface area (Å²) in [6.45, 7) is 4.00. The van der Waals surface area contributed by atoms with Gasteiger partial charge >= 0.3 is 0 Å². The second kappa shape index (κ2) is 8.39. The van der Waals surface area contributed by atoms with Crippen LogP contribution in [0.15, 0.2) is 29.4 Å². The van der Waals surface area contributed by atoms with Crippen LogP contribution in [-0.2, 0) is 12.8 Å². The quantitative estimate of drug-likeness (QED) is 0.329. The number of rotatable bonds is 5. The van der Waals surface area contributed by atoms with E-state index in [4.69, 9.17) is 17.2 Å². The van der Waals surface area contributed by atoms with E-state index < -0.39 is 0 Å². The van der Waals surface area contributed by atoms with Crippen molar-refractivity contribution in [2.75, 3.05) is 5.32 Å². The van der Waals surface area contributed by atoms with E-state index in [0.717, 1.165) is 61.8 Å². The molecule has 3 aromatic rings. The Hall–Kier alpha value is -2.19. The van der Waals surface area contributed by atoms with Gasteiger partial charge in [-0.25, -0.2) is 15.0 Å². The van der Waals surface area contributed by atoms with Crippen LogP contribution in [0.4, 0.5) is 5.69 Å². The Morgan fingerprint density at radius 3 is 2.65 bits per heavy atom. The molecule has 6 nitrogen and oxygen atoms in total. The molecule has 2 aliphatic carbocycles. The smallest absolute Gasteiger partial charge is 0.188 e. The minimum atomic E-state index is 0.536. The number of benzene rings is 1. The first-order valence-electron chi connectivity index (χ1n) is 10.9. The number of fused-ring (bicyclic) bond motifs is 3. The first kappa shape index (κ1) is 20.7. The number of aryl methyl sites for hydroxylation is 3. The fourth-order valence-electron chi connectivity index (χ4n) is 5.10. The van der Waals surface area contributed by atoms with Crippen LogP contribution in [0.5, 0.6) is 0 Å². The van der Waals surface area contributed by atoms with Gasteiger partial charge < -0.3 is 15.2 Å². The fourth-order valence-corrected chi connectivity index (χ4v) is 6.30. The molecule has 2 aliphatic rings. The number of hydrogen-bond acceptors (Lipinski definition) is 5. The molecule has 1 aromatic carbocycles. The van der Waals surface area contributed by atoms with E-state index in [-0.39, 0.29) is 0 Å². The van der Waals surface area contributed by atoms with Crippen LogP contribution < -0.4 is 10.6 Å². The largest absolute Gasteiger partial charge is 0.359 e. The summed E-state index contributed by atoms with van der Waals surface area (Å²) in [6, 6.07) is 8.78. The molecule has 3 atom stereocenters. The summed E-state index contributed by atoms with van der Waals surface area (Å²) < 4.78 is 2.14. The maximum absolute atomic E-state index is 5.59. The van der Waals surface area contributed by atoms with Crippen molar-refractivity contribution in [1.82, 2.24) is 24.8 Å². The van der Waals surface area contributed by atoms with Gasteiger partial charge in [0.2, 0.25) is 0 Å². The van der Waals surface area contributed by atoms with Crippen molar-refractivity contribution in [3.63, 3.8) is 0 Å². The minimum absolute atomic E-state index is 0.536. The van der Waals surface area contributed by atoms with Crippen LogP contribution >= 0.6 is 24.0 Å². The van der Waals surface area contributed by atoms with Gasteiger partial charge in [0, 0.05) is 30.2 Å². The molecule has 0 spiro atoms. The molecule has 2 fully saturated rings. The molecule has 0 radical (unpaired) electrons. The van der Waals surface area contributed by atoms with Crippen LogP contribution in [0.25, 0.3) is 11.0 Å². The standard InChI is InChI=1S/C23H28N6S2/c1-13-8-14(2)25-23(24-13)31-12-21-27-19-11-17(6-7-20(19)29(21)3)26-22(30)28-18-10-15-4-5-16(18)9-15/h6-8,11,15-16,18H,4-5,9-10,12H2,1-3H3,(H2,26,28,30)/t15-,16-,18+/m0/s1. The summed E-state index contributed by atoms with van der Waals surface area (Å²) >= 11 is 7.21. The summed E-state index contributed by atoms with van der Waals surface area (Å²) in [7, 11) is 2.06. The summed E-state index contributed by atoms with van der Waals surface area (Å²) in [4.78, 5) is 13.9. The van der Waals surface area contributed by atoms with Crippen LogP contribution in [-0.4, -0.2) is 30.7 Å². The van der Waals surface area contributed by atoms with E-state index in [1.54, 1.807) is 11.8 Å². The second-order valence-corrected chi connectivity index (χ2v) is 10.2. The fraction of sp³-hybridized carbons (Fsp3) is 0.478. The first-order valence-corrected chi connectivity index (χ1v) is 12.3. The van der Waals surface area contributed by atoms with Crippen LogP contribution in [0.1, 0.15) is 42.9 Å². The normalized spacial score (nSPS) is 22.2. The minimum Gasteiger partial charge on any atom is -0.359 e. The topological polar surface area (TPSA) is 67.7 Å². The molecule has 8 heteroatoms. The molecule has 2 aromatic heterocycles. The zero-order valence-electron chi connectivity index (χ0n) is 18.2. The monoisotopic (exact) mass is 452 g/mol. The zero-order valence-corrected chi connectivity index (χ0v) is 19.8. The maximum Gasteiger partial charge on any atom is 0.188 e. The van der Waals surface area contributed by atoms with Crippen molar-refractivity contribution in [1.29, 1.82) is 0 Å². The number of nitrogens with zero attached hydrogens (tertiary/aromatic N) is 4. The zero-order chi connectivity index (χ0) is 21.5. The summed E-state index contributed by atoms with van der Waals surface area (Å²) in [5.41, 5.74) is 5.03. The molecule has 31 heavy (non-hydrogen) atoms. The number of thiocarbonyl (C=S) groups is 1. The highest BCUT2D eigenvalue weighted by atomic mass is 32.2. The number of anilines is 1.